The molecule has 0 unspecified atom stereocenters. The van der Waals surface area contributed by atoms with E-state index in [0.717, 1.165) is 12.8 Å². The number of aliphatic carboxylic acids is 2. The first-order valence-corrected chi connectivity index (χ1v) is 10.1. The van der Waals surface area contributed by atoms with Crippen LogP contribution in [0, 0.1) is 11.3 Å². The number of hydrogen-bond donors (Lipinski definition) is 2. The largest absolute Gasteiger partial charge is 0.481 e. The molecule has 0 aliphatic rings. The normalized spacial score (nSPS) is 10.3. The van der Waals surface area contributed by atoms with Crippen LogP contribution >= 0.6 is 0 Å². The van der Waals surface area contributed by atoms with Gasteiger partial charge in [0.15, 0.2) is 11.3 Å². The number of carbonyl (C=O) groups is 4. The fourth-order valence-electron chi connectivity index (χ4n) is 2.46. The van der Waals surface area contributed by atoms with Crippen molar-refractivity contribution in [2.24, 2.45) is 11.3 Å². The smallest absolute Gasteiger partial charge is 0.323 e. The van der Waals surface area contributed by atoms with Gasteiger partial charge in [0.25, 0.3) is 0 Å². The zero-order chi connectivity index (χ0) is 23.7. The van der Waals surface area contributed by atoms with E-state index in [1.165, 1.54) is 18.6 Å². The number of allylic oxidation sites excluding steroid dienone is 3. The molecule has 0 bridgehead atoms. The van der Waals surface area contributed by atoms with Gasteiger partial charge in [-0.15, -0.1) is 6.58 Å². The van der Waals surface area contributed by atoms with Crippen LogP contribution in [0.15, 0.2) is 24.3 Å². The highest BCUT2D eigenvalue weighted by molar-refractivity contribution is 5.99. The van der Waals surface area contributed by atoms with Crippen molar-refractivity contribution in [2.45, 2.75) is 66.7 Å². The Morgan fingerprint density at radius 2 is 1.37 bits per heavy atom. The van der Waals surface area contributed by atoms with Crippen LogP contribution in [0.3, 0.4) is 0 Å². The van der Waals surface area contributed by atoms with Gasteiger partial charge in [-0.25, -0.2) is 0 Å². The number of rotatable bonds is 13. The van der Waals surface area contributed by atoms with Gasteiger partial charge in [-0.1, -0.05) is 31.6 Å². The number of hydrogen-bond acceptors (Lipinski definition) is 6. The molecule has 0 spiro atoms. The molecule has 0 aromatic heterocycles. The molecule has 8 heteroatoms. The number of carboxylic acids is 2. The lowest BCUT2D eigenvalue weighted by Gasteiger charge is -2.23. The van der Waals surface area contributed by atoms with Gasteiger partial charge in [-0.2, -0.15) is 0 Å². The summed E-state index contributed by atoms with van der Waals surface area (Å²) in [4.78, 5) is 44.3. The molecule has 0 saturated heterocycles. The average Bonchev–Trinajstić information content (AvgIpc) is 2.68. The van der Waals surface area contributed by atoms with E-state index in [9.17, 15) is 19.2 Å². The molecule has 0 aromatic rings. The third-order valence-corrected chi connectivity index (χ3v) is 4.40. The highest BCUT2D eigenvalue weighted by Gasteiger charge is 2.43. The van der Waals surface area contributed by atoms with Crippen molar-refractivity contribution >= 4 is 23.9 Å². The Morgan fingerprint density at radius 3 is 1.67 bits per heavy atom. The maximum Gasteiger partial charge on any atom is 0.323 e. The third kappa shape index (κ3) is 10.8. The first-order chi connectivity index (χ1) is 14.0. The summed E-state index contributed by atoms with van der Waals surface area (Å²) in [5.74, 6) is -4.93. The van der Waals surface area contributed by atoms with Gasteiger partial charge in [0, 0.05) is 0 Å². The summed E-state index contributed by atoms with van der Waals surface area (Å²) in [6, 6.07) is 0. The van der Waals surface area contributed by atoms with Crippen LogP contribution in [-0.4, -0.2) is 47.3 Å². The number of carboxylic acid groups (broad SMARTS) is 2. The van der Waals surface area contributed by atoms with Crippen molar-refractivity contribution < 1.29 is 38.9 Å². The minimum atomic E-state index is -1.28. The highest BCUT2D eigenvalue weighted by Crippen LogP contribution is 2.25. The summed E-state index contributed by atoms with van der Waals surface area (Å²) in [7, 11) is 0. The monoisotopic (exact) mass is 428 g/mol. The van der Waals surface area contributed by atoms with Crippen molar-refractivity contribution in [3.05, 3.63) is 24.3 Å². The lowest BCUT2D eigenvalue weighted by molar-refractivity contribution is -0.170. The first kappa shape index (κ1) is 29.6. The standard InChI is InChI=1S/2C11H18O4/c1-5-8-11(4,9(12)14-6-2)10(13)15-7-3;1-3-8(4-2)6-5-7-9(10(12)13)11(14)15/h5H,1,6-8H2,2-4H3;6,9H,3-5,7H2,1-2H3,(H,12,13)(H,14,15). The van der Waals surface area contributed by atoms with Gasteiger partial charge < -0.3 is 19.7 Å². The van der Waals surface area contributed by atoms with Crippen molar-refractivity contribution in [1.29, 1.82) is 0 Å². The molecule has 30 heavy (non-hydrogen) atoms. The molecule has 0 rings (SSSR count). The molecule has 0 amide bonds. The molecular formula is C22H36O8. The van der Waals surface area contributed by atoms with Crippen LogP contribution < -0.4 is 0 Å². The van der Waals surface area contributed by atoms with E-state index in [-0.39, 0.29) is 26.1 Å². The predicted octanol–water partition coefficient (Wildman–Crippen LogP) is 3.99. The summed E-state index contributed by atoms with van der Waals surface area (Å²) in [5, 5.41) is 17.2. The predicted molar refractivity (Wildman–Crippen MR) is 113 cm³/mol. The van der Waals surface area contributed by atoms with E-state index in [0.29, 0.717) is 6.42 Å². The highest BCUT2D eigenvalue weighted by atomic mass is 16.6. The topological polar surface area (TPSA) is 127 Å². The van der Waals surface area contributed by atoms with Gasteiger partial charge in [-0.3, -0.25) is 19.2 Å². The lowest BCUT2D eigenvalue weighted by Crippen LogP contribution is -2.39. The molecule has 0 aliphatic heterocycles. The Labute approximate surface area is 178 Å². The Hall–Kier alpha value is -2.64. The van der Waals surface area contributed by atoms with Gasteiger partial charge in [-0.05, 0) is 52.9 Å². The molecule has 8 nitrogen and oxygen atoms in total. The van der Waals surface area contributed by atoms with Crippen LogP contribution in [-0.2, 0) is 28.7 Å². The summed E-state index contributed by atoms with van der Waals surface area (Å²) in [6.45, 7) is 12.9. The maximum atomic E-state index is 11.6. The molecular weight excluding hydrogens is 392 g/mol. The molecule has 0 heterocycles. The van der Waals surface area contributed by atoms with Crippen LogP contribution in [0.5, 0.6) is 0 Å². The van der Waals surface area contributed by atoms with Crippen LogP contribution in [0.4, 0.5) is 0 Å². The maximum absolute atomic E-state index is 11.6. The average molecular weight is 429 g/mol. The Kier molecular flexibility index (Phi) is 16.0. The number of carbonyl (C=O) groups excluding carboxylic acids is 2. The molecule has 0 radical (unpaired) electrons. The summed E-state index contributed by atoms with van der Waals surface area (Å²) in [5.41, 5.74) is -0.0298. The fraction of sp³-hybridized carbons (Fsp3) is 0.636. The van der Waals surface area contributed by atoms with Gasteiger partial charge in [0.1, 0.15) is 0 Å². The molecule has 172 valence electrons. The minimum Gasteiger partial charge on any atom is -0.481 e. The second kappa shape index (κ2) is 16.2. The molecule has 0 fully saturated rings. The van der Waals surface area contributed by atoms with E-state index in [1.54, 1.807) is 13.8 Å². The Bertz CT molecular complexity index is 568. The zero-order valence-corrected chi connectivity index (χ0v) is 18.7. The molecule has 0 aromatic carbocycles. The first-order valence-electron chi connectivity index (χ1n) is 10.1. The second-order valence-electron chi connectivity index (χ2n) is 6.64. The van der Waals surface area contributed by atoms with E-state index >= 15 is 0 Å². The minimum absolute atomic E-state index is 0.161. The van der Waals surface area contributed by atoms with Crippen LogP contribution in [0.2, 0.25) is 0 Å². The number of esters is 2. The van der Waals surface area contributed by atoms with Crippen molar-refractivity contribution in [3.63, 3.8) is 0 Å². The van der Waals surface area contributed by atoms with Crippen LogP contribution in [0.1, 0.15) is 66.7 Å². The van der Waals surface area contributed by atoms with E-state index < -0.39 is 35.2 Å². The lowest BCUT2D eigenvalue weighted by atomic mass is 9.87. The van der Waals surface area contributed by atoms with Crippen molar-refractivity contribution in [2.75, 3.05) is 13.2 Å². The third-order valence-electron chi connectivity index (χ3n) is 4.40. The molecule has 2 N–H and O–H groups in total. The van der Waals surface area contributed by atoms with Gasteiger partial charge >= 0.3 is 23.9 Å². The van der Waals surface area contributed by atoms with Crippen LogP contribution in [0.25, 0.3) is 0 Å². The van der Waals surface area contributed by atoms with E-state index in [4.69, 9.17) is 19.7 Å². The fourth-order valence-corrected chi connectivity index (χ4v) is 2.46. The molecule has 0 atom stereocenters. The quantitative estimate of drug-likeness (QED) is 0.256. The second-order valence-corrected chi connectivity index (χ2v) is 6.64. The summed E-state index contributed by atoms with van der Waals surface area (Å²) >= 11 is 0. The molecule has 0 aliphatic carbocycles. The van der Waals surface area contributed by atoms with E-state index in [1.807, 2.05) is 19.9 Å². The Balaban J connectivity index is 0. The van der Waals surface area contributed by atoms with Gasteiger partial charge in [0.05, 0.1) is 13.2 Å². The number of ether oxygens (including phenoxy) is 2. The van der Waals surface area contributed by atoms with Crippen molar-refractivity contribution in [3.8, 4) is 0 Å². The SMILES string of the molecule is C=CCC(C)(C(=O)OCC)C(=O)OCC.CCC(=CCCC(C(=O)O)C(=O)O)CC. The Morgan fingerprint density at radius 1 is 0.933 bits per heavy atom. The van der Waals surface area contributed by atoms with Gasteiger partial charge in [0.2, 0.25) is 0 Å². The zero-order valence-electron chi connectivity index (χ0n) is 18.7. The van der Waals surface area contributed by atoms with Crippen molar-refractivity contribution in [1.82, 2.24) is 0 Å². The molecule has 0 saturated carbocycles. The van der Waals surface area contributed by atoms with E-state index in [2.05, 4.69) is 6.58 Å². The summed E-state index contributed by atoms with van der Waals surface area (Å²) in [6.07, 6.45) is 6.20. The summed E-state index contributed by atoms with van der Waals surface area (Å²) < 4.78 is 9.68.